The summed E-state index contributed by atoms with van der Waals surface area (Å²) in [4.78, 5) is 40.8. The smallest absolute Gasteiger partial charge is 0.255 e. The molecule has 0 unspecified atom stereocenters. The highest BCUT2D eigenvalue weighted by Crippen LogP contribution is 2.32. The Hall–Kier alpha value is -3.79. The summed E-state index contributed by atoms with van der Waals surface area (Å²) in [7, 11) is 2.87. The number of carbonyl (C=O) groups is 3. The molecule has 35 heavy (non-hydrogen) atoms. The van der Waals surface area contributed by atoms with Crippen LogP contribution in [0, 0.1) is 5.82 Å². The van der Waals surface area contributed by atoms with Crippen molar-refractivity contribution in [1.29, 1.82) is 0 Å². The van der Waals surface area contributed by atoms with Gasteiger partial charge in [0.05, 0.1) is 18.7 Å². The molecule has 1 amide bonds. The number of carbonyl (C=O) groups excluding carboxylic acids is 3. The van der Waals surface area contributed by atoms with Crippen LogP contribution in [0.25, 0.3) is 11.3 Å². The van der Waals surface area contributed by atoms with E-state index < -0.39 is 11.7 Å². The molecule has 0 fully saturated rings. The lowest BCUT2D eigenvalue weighted by Crippen LogP contribution is -2.20. The molecular weight excluding hydrogens is 523 g/mol. The number of amides is 1. The number of Topliss-reactive ketones (excluding diaryl/α,β-unsaturated/α-hetero) is 2. The summed E-state index contributed by atoms with van der Waals surface area (Å²) in [6.07, 6.45) is -0.137. The van der Waals surface area contributed by atoms with Crippen molar-refractivity contribution in [3.8, 4) is 28.5 Å². The second kappa shape index (κ2) is 11.6. The molecule has 3 aromatic rings. The fourth-order valence-electron chi connectivity index (χ4n) is 3.23. The Morgan fingerprint density at radius 1 is 0.914 bits per heavy atom. The fraction of sp³-hybridized carbons (Fsp3) is 0.200. The molecule has 8 nitrogen and oxygen atoms in total. The predicted octanol–water partition coefficient (Wildman–Crippen LogP) is 4.38. The molecule has 1 heterocycles. The molecule has 0 saturated heterocycles. The molecule has 0 atom stereocenters. The summed E-state index contributed by atoms with van der Waals surface area (Å²) < 4.78 is 29.7. The Bertz CT molecular complexity index is 1280. The third-order valence-corrected chi connectivity index (χ3v) is 5.60. The van der Waals surface area contributed by atoms with Crippen molar-refractivity contribution in [3.05, 3.63) is 70.1 Å². The molecule has 10 heteroatoms. The van der Waals surface area contributed by atoms with Gasteiger partial charge in [-0.05, 0) is 64.5 Å². The zero-order chi connectivity index (χ0) is 25.5. The van der Waals surface area contributed by atoms with E-state index in [9.17, 15) is 18.8 Å². The Morgan fingerprint density at radius 3 is 2.26 bits per heavy atom. The van der Waals surface area contributed by atoms with E-state index in [1.54, 1.807) is 12.1 Å². The van der Waals surface area contributed by atoms with E-state index >= 15 is 0 Å². The number of ketones is 2. The molecule has 2 N–H and O–H groups in total. The molecule has 2 aromatic carbocycles. The number of primary amides is 1. The number of benzene rings is 2. The number of halogens is 2. The second-order valence-electron chi connectivity index (χ2n) is 7.34. The van der Waals surface area contributed by atoms with E-state index in [2.05, 4.69) is 20.9 Å². The highest BCUT2D eigenvalue weighted by atomic mass is 79.9. The lowest BCUT2D eigenvalue weighted by Gasteiger charge is -2.11. The molecular formula is C25H22BrFN2O6. The van der Waals surface area contributed by atoms with Crippen LogP contribution in [0.1, 0.15) is 33.7 Å². The summed E-state index contributed by atoms with van der Waals surface area (Å²) in [6, 6.07) is 12.0. The first-order valence-corrected chi connectivity index (χ1v) is 11.2. The van der Waals surface area contributed by atoms with Crippen molar-refractivity contribution in [3.63, 3.8) is 0 Å². The van der Waals surface area contributed by atoms with Gasteiger partial charge in [0.15, 0.2) is 29.7 Å². The maximum atomic E-state index is 13.6. The zero-order valence-corrected chi connectivity index (χ0v) is 20.6. The summed E-state index contributed by atoms with van der Waals surface area (Å²) in [5, 5.41) is 0. The SMILES string of the molecule is COc1cc(C(=O)CCC(=O)c2ccc(OC)c(-c3ccc(F)c(Br)c3)n2)ccc1OCC(N)=O. The Labute approximate surface area is 209 Å². The number of aromatic nitrogens is 1. The maximum Gasteiger partial charge on any atom is 0.255 e. The van der Waals surface area contributed by atoms with Crippen molar-refractivity contribution in [2.75, 3.05) is 20.8 Å². The van der Waals surface area contributed by atoms with Crippen LogP contribution in [-0.4, -0.2) is 43.3 Å². The molecule has 182 valence electrons. The summed E-state index contributed by atoms with van der Waals surface area (Å²) >= 11 is 3.14. The van der Waals surface area contributed by atoms with Gasteiger partial charge < -0.3 is 19.9 Å². The quantitative estimate of drug-likeness (QED) is 0.356. The van der Waals surface area contributed by atoms with Gasteiger partial charge in [0.2, 0.25) is 0 Å². The van der Waals surface area contributed by atoms with Crippen LogP contribution in [-0.2, 0) is 4.79 Å². The minimum atomic E-state index is -0.645. The molecule has 0 saturated carbocycles. The van der Waals surface area contributed by atoms with Gasteiger partial charge in [-0.2, -0.15) is 0 Å². The van der Waals surface area contributed by atoms with Crippen LogP contribution >= 0.6 is 15.9 Å². The molecule has 1 aromatic heterocycles. The first kappa shape index (κ1) is 25.8. The molecule has 0 bridgehead atoms. The number of nitrogens with two attached hydrogens (primary N) is 1. The molecule has 0 radical (unpaired) electrons. The fourth-order valence-corrected chi connectivity index (χ4v) is 3.60. The van der Waals surface area contributed by atoms with Crippen LogP contribution in [0.4, 0.5) is 4.39 Å². The van der Waals surface area contributed by atoms with Crippen molar-refractivity contribution in [2.45, 2.75) is 12.8 Å². The van der Waals surface area contributed by atoms with Crippen LogP contribution < -0.4 is 19.9 Å². The minimum Gasteiger partial charge on any atom is -0.494 e. The average molecular weight is 545 g/mol. The number of hydrogen-bond donors (Lipinski definition) is 1. The number of hydrogen-bond acceptors (Lipinski definition) is 7. The lowest BCUT2D eigenvalue weighted by molar-refractivity contribution is -0.119. The van der Waals surface area contributed by atoms with Crippen molar-refractivity contribution in [1.82, 2.24) is 4.98 Å². The van der Waals surface area contributed by atoms with Gasteiger partial charge in [-0.1, -0.05) is 0 Å². The third-order valence-electron chi connectivity index (χ3n) is 4.99. The van der Waals surface area contributed by atoms with E-state index in [0.29, 0.717) is 22.6 Å². The maximum absolute atomic E-state index is 13.6. The van der Waals surface area contributed by atoms with Crippen LogP contribution in [0.5, 0.6) is 17.2 Å². The molecule has 0 aliphatic heterocycles. The van der Waals surface area contributed by atoms with E-state index in [1.807, 2.05) is 0 Å². The van der Waals surface area contributed by atoms with Gasteiger partial charge in [-0.25, -0.2) is 9.37 Å². The molecule has 3 rings (SSSR count). The number of pyridine rings is 1. The average Bonchev–Trinajstić information content (AvgIpc) is 2.86. The van der Waals surface area contributed by atoms with E-state index in [0.717, 1.165) is 0 Å². The highest BCUT2D eigenvalue weighted by molar-refractivity contribution is 9.10. The van der Waals surface area contributed by atoms with Crippen molar-refractivity contribution < 1.29 is 33.0 Å². The predicted molar refractivity (Wildman–Crippen MR) is 129 cm³/mol. The summed E-state index contributed by atoms with van der Waals surface area (Å²) in [6.45, 7) is -0.329. The van der Waals surface area contributed by atoms with Crippen LogP contribution in [0.3, 0.4) is 0 Å². The van der Waals surface area contributed by atoms with Crippen LogP contribution in [0.15, 0.2) is 53.0 Å². The van der Waals surface area contributed by atoms with Crippen molar-refractivity contribution >= 4 is 33.4 Å². The van der Waals surface area contributed by atoms with E-state index in [1.165, 1.54) is 50.6 Å². The lowest BCUT2D eigenvalue weighted by atomic mass is 10.0. The molecule has 0 aliphatic carbocycles. The van der Waals surface area contributed by atoms with Gasteiger partial charge >= 0.3 is 0 Å². The standard InChI is InChI=1S/C25H22BrFN2O6/c1-33-22-10-6-18(29-25(22)15-3-5-17(27)16(26)11-15)20(31)8-7-19(30)14-4-9-21(23(12-14)34-2)35-13-24(28)32/h3-6,9-12H,7-8,13H2,1-2H3,(H2,28,32). The zero-order valence-electron chi connectivity index (χ0n) is 19.0. The Balaban J connectivity index is 1.74. The van der Waals surface area contributed by atoms with Crippen molar-refractivity contribution in [2.24, 2.45) is 5.73 Å². The Kier molecular flexibility index (Phi) is 8.53. The first-order valence-electron chi connectivity index (χ1n) is 10.4. The largest absolute Gasteiger partial charge is 0.494 e. The van der Waals surface area contributed by atoms with Gasteiger partial charge in [0.25, 0.3) is 5.91 Å². The summed E-state index contributed by atoms with van der Waals surface area (Å²) in [5.41, 5.74) is 6.49. The van der Waals surface area contributed by atoms with Gasteiger partial charge in [-0.15, -0.1) is 0 Å². The number of rotatable bonds is 11. The van der Waals surface area contributed by atoms with Gasteiger partial charge in [-0.3, -0.25) is 14.4 Å². The number of methoxy groups -OCH3 is 2. The van der Waals surface area contributed by atoms with Gasteiger partial charge in [0.1, 0.15) is 23.0 Å². The second-order valence-corrected chi connectivity index (χ2v) is 8.20. The summed E-state index contributed by atoms with van der Waals surface area (Å²) in [5.74, 6) is -0.750. The van der Waals surface area contributed by atoms with Crippen LogP contribution in [0.2, 0.25) is 0 Å². The first-order chi connectivity index (χ1) is 16.7. The normalized spacial score (nSPS) is 10.5. The van der Waals surface area contributed by atoms with E-state index in [4.69, 9.17) is 19.9 Å². The van der Waals surface area contributed by atoms with E-state index in [-0.39, 0.29) is 52.7 Å². The third kappa shape index (κ3) is 6.42. The topological polar surface area (TPSA) is 118 Å². The monoisotopic (exact) mass is 544 g/mol. The molecule has 0 aliphatic rings. The highest BCUT2D eigenvalue weighted by Gasteiger charge is 2.18. The number of ether oxygens (including phenoxy) is 3. The number of nitrogens with zero attached hydrogens (tertiary/aromatic N) is 1. The van der Waals surface area contributed by atoms with Gasteiger partial charge in [0, 0.05) is 24.0 Å². The molecule has 0 spiro atoms. The minimum absolute atomic E-state index is 0.0609. The Morgan fingerprint density at radius 2 is 1.60 bits per heavy atom.